The molecular weight excluding hydrogens is 398 g/mol. The molecule has 0 amide bonds. The standard InChI is InChI=1S/C25H29N7/c1-4-17(3)32-15-29-22-24(27-10-9-18-14-28-21-8-6-5-7-20(18)21)30-23(31-25(22)32)19-11-16(2)12-26-13-19/h7-8,11-15,17,28H,4-6,9-10H2,1-3H3,(H,27,30,31). The zero-order valence-corrected chi connectivity index (χ0v) is 18.9. The monoisotopic (exact) mass is 427 g/mol. The average molecular weight is 428 g/mol. The number of nitrogens with one attached hydrogen (secondary N) is 2. The summed E-state index contributed by atoms with van der Waals surface area (Å²) in [5.74, 6) is 1.44. The zero-order chi connectivity index (χ0) is 22.1. The molecule has 0 aromatic carbocycles. The Hall–Kier alpha value is -3.48. The minimum atomic E-state index is 0.310. The fourth-order valence-electron chi connectivity index (χ4n) is 4.25. The summed E-state index contributed by atoms with van der Waals surface area (Å²) in [6, 6.07) is 2.38. The molecule has 4 aromatic heterocycles. The highest BCUT2D eigenvalue weighted by Crippen LogP contribution is 2.26. The van der Waals surface area contributed by atoms with Crippen LogP contribution in [-0.2, 0) is 6.42 Å². The fraction of sp³-hybridized carbons (Fsp3) is 0.360. The number of aromatic nitrogens is 6. The molecule has 5 rings (SSSR count). The van der Waals surface area contributed by atoms with Crippen LogP contribution in [0.2, 0.25) is 0 Å². The molecule has 0 aliphatic heterocycles. The number of anilines is 1. The van der Waals surface area contributed by atoms with Gasteiger partial charge in [-0.3, -0.25) is 4.98 Å². The van der Waals surface area contributed by atoms with E-state index in [9.17, 15) is 0 Å². The number of aryl methyl sites for hydroxylation is 1. The Morgan fingerprint density at radius 2 is 2.06 bits per heavy atom. The van der Waals surface area contributed by atoms with E-state index < -0.39 is 0 Å². The van der Waals surface area contributed by atoms with Crippen molar-refractivity contribution < 1.29 is 0 Å². The highest BCUT2D eigenvalue weighted by atomic mass is 15.2. The lowest BCUT2D eigenvalue weighted by Crippen LogP contribution is -2.27. The third-order valence-electron chi connectivity index (χ3n) is 6.21. The van der Waals surface area contributed by atoms with Crippen molar-refractivity contribution in [2.45, 2.75) is 52.5 Å². The van der Waals surface area contributed by atoms with E-state index in [2.05, 4.69) is 63.1 Å². The van der Waals surface area contributed by atoms with Gasteiger partial charge in [-0.2, -0.15) is 0 Å². The highest BCUT2D eigenvalue weighted by molar-refractivity contribution is 5.85. The summed E-state index contributed by atoms with van der Waals surface area (Å²) < 4.78 is 2.14. The number of aromatic amines is 1. The summed E-state index contributed by atoms with van der Waals surface area (Å²) in [6.45, 7) is 7.16. The smallest absolute Gasteiger partial charge is 0.166 e. The van der Waals surface area contributed by atoms with E-state index >= 15 is 0 Å². The molecular formula is C25H29N7. The predicted molar refractivity (Wildman–Crippen MR) is 129 cm³/mol. The van der Waals surface area contributed by atoms with Gasteiger partial charge in [0.1, 0.15) is 5.52 Å². The van der Waals surface area contributed by atoms with Gasteiger partial charge in [0, 0.05) is 42.1 Å². The van der Waals surface area contributed by atoms with Crippen LogP contribution in [0.4, 0.5) is 5.82 Å². The van der Waals surface area contributed by atoms with Crippen LogP contribution < -0.4 is 15.9 Å². The fourth-order valence-corrected chi connectivity index (χ4v) is 4.25. The topological polar surface area (TPSA) is 84.3 Å². The van der Waals surface area contributed by atoms with Crippen molar-refractivity contribution >= 4 is 29.1 Å². The Morgan fingerprint density at radius 3 is 2.91 bits per heavy atom. The third kappa shape index (κ3) is 3.79. The van der Waals surface area contributed by atoms with E-state index in [0.717, 1.165) is 60.3 Å². The molecule has 0 bridgehead atoms. The van der Waals surface area contributed by atoms with E-state index in [0.29, 0.717) is 11.9 Å². The van der Waals surface area contributed by atoms with Crippen molar-refractivity contribution in [3.8, 4) is 11.4 Å². The van der Waals surface area contributed by atoms with Gasteiger partial charge in [-0.1, -0.05) is 19.1 Å². The minimum Gasteiger partial charge on any atom is -0.368 e. The lowest BCUT2D eigenvalue weighted by atomic mass is 10.1. The molecule has 1 unspecified atom stereocenters. The van der Waals surface area contributed by atoms with Crippen molar-refractivity contribution in [2.24, 2.45) is 0 Å². The Balaban J connectivity index is 1.50. The maximum Gasteiger partial charge on any atom is 0.166 e. The second-order valence-corrected chi connectivity index (χ2v) is 8.53. The number of pyridine rings is 1. The Morgan fingerprint density at radius 1 is 1.19 bits per heavy atom. The Bertz CT molecular complexity index is 1380. The van der Waals surface area contributed by atoms with Crippen molar-refractivity contribution in [3.05, 3.63) is 52.7 Å². The van der Waals surface area contributed by atoms with Gasteiger partial charge in [0.2, 0.25) is 0 Å². The van der Waals surface area contributed by atoms with Gasteiger partial charge in [-0.25, -0.2) is 15.0 Å². The second-order valence-electron chi connectivity index (χ2n) is 8.53. The molecule has 164 valence electrons. The maximum atomic E-state index is 4.89. The largest absolute Gasteiger partial charge is 0.368 e. The van der Waals surface area contributed by atoms with Crippen molar-refractivity contribution in [1.29, 1.82) is 0 Å². The number of fused-ring (bicyclic) bond motifs is 2. The first-order chi connectivity index (χ1) is 15.6. The summed E-state index contributed by atoms with van der Waals surface area (Å²) in [6.07, 6.45) is 16.4. The molecule has 7 nitrogen and oxygen atoms in total. The molecule has 1 aliphatic carbocycles. The van der Waals surface area contributed by atoms with Gasteiger partial charge in [-0.15, -0.1) is 0 Å². The van der Waals surface area contributed by atoms with E-state index in [-0.39, 0.29) is 0 Å². The lowest BCUT2D eigenvalue weighted by Gasteiger charge is -2.13. The van der Waals surface area contributed by atoms with Gasteiger partial charge in [0.05, 0.1) is 6.33 Å². The molecule has 2 N–H and O–H groups in total. The second kappa shape index (κ2) is 8.57. The van der Waals surface area contributed by atoms with Crippen LogP contribution >= 0.6 is 0 Å². The molecule has 32 heavy (non-hydrogen) atoms. The molecule has 1 atom stereocenters. The van der Waals surface area contributed by atoms with Crippen LogP contribution in [0, 0.1) is 6.92 Å². The SMILES string of the molecule is CCC(C)n1cnc2c(NCCc3c[nH]c4c3=CCCC=4)nc(-c3cncc(C)c3)nc21. The minimum absolute atomic E-state index is 0.310. The van der Waals surface area contributed by atoms with Gasteiger partial charge in [0.15, 0.2) is 17.3 Å². The van der Waals surface area contributed by atoms with Gasteiger partial charge in [0.25, 0.3) is 0 Å². The van der Waals surface area contributed by atoms with Crippen molar-refractivity contribution in [1.82, 2.24) is 29.5 Å². The first-order valence-corrected chi connectivity index (χ1v) is 11.4. The van der Waals surface area contributed by atoms with Crippen LogP contribution in [0.1, 0.15) is 50.3 Å². The molecule has 7 heteroatoms. The molecule has 0 fully saturated rings. The highest BCUT2D eigenvalue weighted by Gasteiger charge is 2.17. The predicted octanol–water partition coefficient (Wildman–Crippen LogP) is 3.51. The molecule has 0 saturated carbocycles. The lowest BCUT2D eigenvalue weighted by molar-refractivity contribution is 0.541. The van der Waals surface area contributed by atoms with Crippen LogP contribution in [-0.4, -0.2) is 36.0 Å². The maximum absolute atomic E-state index is 4.89. The molecule has 4 aromatic rings. The molecule has 0 saturated heterocycles. The molecule has 0 radical (unpaired) electrons. The number of H-pyrrole nitrogens is 1. The van der Waals surface area contributed by atoms with Crippen molar-refractivity contribution in [3.63, 3.8) is 0 Å². The summed E-state index contributed by atoms with van der Waals surface area (Å²) >= 11 is 0. The first-order valence-electron chi connectivity index (χ1n) is 11.4. The average Bonchev–Trinajstić information content (AvgIpc) is 3.43. The van der Waals surface area contributed by atoms with Crippen LogP contribution in [0.3, 0.4) is 0 Å². The Labute approximate surface area is 187 Å². The number of rotatable bonds is 7. The quantitative estimate of drug-likeness (QED) is 0.472. The summed E-state index contributed by atoms with van der Waals surface area (Å²) in [5.41, 5.74) is 5.00. The van der Waals surface area contributed by atoms with Gasteiger partial charge in [-0.05, 0) is 61.9 Å². The zero-order valence-electron chi connectivity index (χ0n) is 18.9. The van der Waals surface area contributed by atoms with Gasteiger partial charge >= 0.3 is 0 Å². The van der Waals surface area contributed by atoms with Crippen LogP contribution in [0.15, 0.2) is 31.0 Å². The number of nitrogens with zero attached hydrogens (tertiary/aromatic N) is 5. The van der Waals surface area contributed by atoms with E-state index in [1.165, 1.54) is 16.1 Å². The van der Waals surface area contributed by atoms with Crippen LogP contribution in [0.5, 0.6) is 0 Å². The molecule has 4 heterocycles. The number of imidazole rings is 1. The number of hydrogen-bond acceptors (Lipinski definition) is 5. The molecule has 0 spiro atoms. The summed E-state index contributed by atoms with van der Waals surface area (Å²) in [4.78, 5) is 22.1. The van der Waals surface area contributed by atoms with E-state index in [1.807, 2.05) is 25.6 Å². The van der Waals surface area contributed by atoms with E-state index in [1.54, 1.807) is 0 Å². The third-order valence-corrected chi connectivity index (χ3v) is 6.21. The molecule has 1 aliphatic rings. The summed E-state index contributed by atoms with van der Waals surface area (Å²) in [5, 5.41) is 6.14. The van der Waals surface area contributed by atoms with Crippen molar-refractivity contribution in [2.75, 3.05) is 11.9 Å². The first kappa shape index (κ1) is 20.4. The number of hydrogen-bond donors (Lipinski definition) is 2. The normalized spacial score (nSPS) is 14.0. The van der Waals surface area contributed by atoms with E-state index in [4.69, 9.17) is 9.97 Å². The van der Waals surface area contributed by atoms with Gasteiger partial charge < -0.3 is 14.9 Å². The summed E-state index contributed by atoms with van der Waals surface area (Å²) in [7, 11) is 0. The van der Waals surface area contributed by atoms with Crippen LogP contribution in [0.25, 0.3) is 34.7 Å². The Kier molecular flexibility index (Phi) is 5.47.